The van der Waals surface area contributed by atoms with E-state index in [-0.39, 0.29) is 10.5 Å². The first kappa shape index (κ1) is 12.3. The van der Waals surface area contributed by atoms with E-state index in [4.69, 9.17) is 0 Å². The van der Waals surface area contributed by atoms with Gasteiger partial charge in [-0.15, -0.1) is 0 Å². The molecule has 0 aliphatic carbocycles. The van der Waals surface area contributed by atoms with Crippen molar-refractivity contribution in [2.24, 2.45) is 0 Å². The van der Waals surface area contributed by atoms with Gasteiger partial charge in [-0.2, -0.15) is 0 Å². The Labute approximate surface area is 101 Å². The Bertz CT molecular complexity index is 519. The Morgan fingerprint density at radius 1 is 1.20 bits per heavy atom. The summed E-state index contributed by atoms with van der Waals surface area (Å²) in [7, 11) is -3.49. The summed E-state index contributed by atoms with van der Waals surface area (Å²) in [4.78, 5) is 22.1. The number of benzene rings is 1. The van der Waals surface area contributed by atoms with E-state index in [0.717, 1.165) is 6.26 Å². The molecule has 6 heteroatoms. The molecule has 0 saturated carbocycles. The number of ketones is 1. The van der Waals surface area contributed by atoms with E-state index in [2.05, 4.69) is 0 Å². The fourth-order valence-electron chi connectivity index (χ4n) is 1.08. The van der Waals surface area contributed by atoms with Gasteiger partial charge < -0.3 is 0 Å². The molecule has 0 unspecified atom stereocenters. The molecule has 0 saturated heterocycles. The summed E-state index contributed by atoms with van der Waals surface area (Å²) in [5, 5.41) is 0. The third kappa shape index (κ3) is 2.85. The maximum absolute atomic E-state index is 11.4. The Morgan fingerprint density at radius 3 is 2.20 bits per heavy atom. The summed E-state index contributed by atoms with van der Waals surface area (Å²) in [6, 6.07) is 5.66. The summed E-state index contributed by atoms with van der Waals surface area (Å²) < 4.78 is 21.9. The highest BCUT2D eigenvalue weighted by Crippen LogP contribution is 2.16. The minimum atomic E-state index is -3.49. The Kier molecular flexibility index (Phi) is 3.61. The van der Waals surface area contributed by atoms with Crippen LogP contribution in [-0.2, 0) is 14.6 Å². The molecule has 0 aliphatic rings. The van der Waals surface area contributed by atoms with Gasteiger partial charge >= 0.3 is 0 Å². The van der Waals surface area contributed by atoms with E-state index < -0.39 is 19.4 Å². The molecule has 0 aliphatic heterocycles. The molecule has 0 heterocycles. The SMILES string of the molecule is CS(=O)(=O)c1ccccc1C(=O)C(=O)I. The van der Waals surface area contributed by atoms with Crippen LogP contribution in [0.5, 0.6) is 0 Å². The molecule has 0 radical (unpaired) electrons. The van der Waals surface area contributed by atoms with Crippen LogP contribution in [0.3, 0.4) is 0 Å². The van der Waals surface area contributed by atoms with Crippen LogP contribution in [0.4, 0.5) is 0 Å². The number of hydrogen-bond acceptors (Lipinski definition) is 4. The van der Waals surface area contributed by atoms with E-state index in [0.29, 0.717) is 0 Å². The van der Waals surface area contributed by atoms with Crippen LogP contribution in [0.15, 0.2) is 29.2 Å². The van der Waals surface area contributed by atoms with Crippen molar-refractivity contribution in [1.82, 2.24) is 0 Å². The Hall–Kier alpha value is -0.760. The van der Waals surface area contributed by atoms with E-state index in [9.17, 15) is 18.0 Å². The van der Waals surface area contributed by atoms with Gasteiger partial charge in [0.15, 0.2) is 9.84 Å². The van der Waals surface area contributed by atoms with Crippen molar-refractivity contribution in [3.05, 3.63) is 29.8 Å². The van der Waals surface area contributed by atoms with E-state index in [1.165, 1.54) is 46.9 Å². The lowest BCUT2D eigenvalue weighted by Gasteiger charge is -2.03. The number of Topliss-reactive ketones (excluding diaryl/α,β-unsaturated/α-hetero) is 1. The molecular weight excluding hydrogens is 331 g/mol. The second-order valence-electron chi connectivity index (χ2n) is 2.87. The molecule has 0 atom stereocenters. The van der Waals surface area contributed by atoms with E-state index in [1.54, 1.807) is 0 Å². The highest BCUT2D eigenvalue weighted by molar-refractivity contribution is 14.1. The lowest BCUT2D eigenvalue weighted by atomic mass is 10.1. The van der Waals surface area contributed by atoms with Gasteiger partial charge in [0, 0.05) is 34.4 Å². The maximum atomic E-state index is 11.4. The normalized spacial score (nSPS) is 11.1. The lowest BCUT2D eigenvalue weighted by molar-refractivity contribution is -0.106. The first-order valence-electron chi connectivity index (χ1n) is 3.87. The molecule has 1 aromatic carbocycles. The van der Waals surface area contributed by atoms with Gasteiger partial charge in [0.25, 0.3) is 3.79 Å². The van der Waals surface area contributed by atoms with Crippen LogP contribution in [0.1, 0.15) is 10.4 Å². The van der Waals surface area contributed by atoms with Gasteiger partial charge in [-0.25, -0.2) is 8.42 Å². The summed E-state index contributed by atoms with van der Waals surface area (Å²) >= 11 is 1.33. The van der Waals surface area contributed by atoms with Crippen molar-refractivity contribution in [2.75, 3.05) is 6.26 Å². The van der Waals surface area contributed by atoms with Crippen molar-refractivity contribution >= 4 is 42.0 Å². The van der Waals surface area contributed by atoms with Crippen LogP contribution in [0.25, 0.3) is 0 Å². The fraction of sp³-hybridized carbons (Fsp3) is 0.111. The molecule has 1 aromatic rings. The molecule has 80 valence electrons. The Morgan fingerprint density at radius 2 is 1.73 bits per heavy atom. The molecule has 0 spiro atoms. The molecule has 0 bridgehead atoms. The number of halogens is 1. The zero-order valence-corrected chi connectivity index (χ0v) is 10.7. The van der Waals surface area contributed by atoms with E-state index in [1.807, 2.05) is 0 Å². The van der Waals surface area contributed by atoms with E-state index >= 15 is 0 Å². The van der Waals surface area contributed by atoms with Crippen molar-refractivity contribution in [3.8, 4) is 0 Å². The number of carbonyl (C=O) groups excluding carboxylic acids is 2. The molecule has 1 rings (SSSR count). The lowest BCUT2D eigenvalue weighted by Crippen LogP contribution is -2.12. The predicted molar refractivity (Wildman–Crippen MR) is 62.9 cm³/mol. The average Bonchev–Trinajstić information content (AvgIpc) is 2.15. The van der Waals surface area contributed by atoms with Crippen LogP contribution in [0, 0.1) is 0 Å². The monoisotopic (exact) mass is 338 g/mol. The highest BCUT2D eigenvalue weighted by atomic mass is 127. The third-order valence-corrected chi connectivity index (χ3v) is 3.35. The van der Waals surface area contributed by atoms with Crippen molar-refractivity contribution < 1.29 is 18.0 Å². The first-order valence-corrected chi connectivity index (χ1v) is 6.84. The van der Waals surface area contributed by atoms with Gasteiger partial charge in [-0.1, -0.05) is 12.1 Å². The van der Waals surface area contributed by atoms with Crippen molar-refractivity contribution in [3.63, 3.8) is 0 Å². The molecule has 15 heavy (non-hydrogen) atoms. The number of rotatable bonds is 3. The quantitative estimate of drug-likeness (QED) is 0.360. The summed E-state index contributed by atoms with van der Waals surface area (Å²) in [6.45, 7) is 0. The molecule has 0 N–H and O–H groups in total. The number of sulfone groups is 1. The van der Waals surface area contributed by atoms with Gasteiger partial charge in [-0.05, 0) is 12.1 Å². The van der Waals surface area contributed by atoms with Crippen LogP contribution < -0.4 is 0 Å². The third-order valence-electron chi connectivity index (χ3n) is 1.71. The summed E-state index contributed by atoms with van der Waals surface area (Å²) in [6.07, 6.45) is 0.997. The molecule has 0 aromatic heterocycles. The van der Waals surface area contributed by atoms with Gasteiger partial charge in [-0.3, -0.25) is 9.59 Å². The fourth-order valence-corrected chi connectivity index (χ4v) is 2.26. The van der Waals surface area contributed by atoms with Crippen LogP contribution in [0.2, 0.25) is 0 Å². The highest BCUT2D eigenvalue weighted by Gasteiger charge is 2.21. The smallest absolute Gasteiger partial charge is 0.262 e. The van der Waals surface area contributed by atoms with Crippen LogP contribution in [-0.4, -0.2) is 24.2 Å². The zero-order chi connectivity index (χ0) is 11.6. The minimum Gasteiger partial charge on any atom is -0.284 e. The van der Waals surface area contributed by atoms with Crippen molar-refractivity contribution in [2.45, 2.75) is 4.90 Å². The Balaban J connectivity index is 3.44. The largest absolute Gasteiger partial charge is 0.284 e. The molecule has 0 amide bonds. The molecule has 0 fully saturated rings. The average molecular weight is 338 g/mol. The first-order chi connectivity index (χ1) is 6.84. The van der Waals surface area contributed by atoms with Gasteiger partial charge in [0.1, 0.15) is 0 Å². The minimum absolute atomic E-state index is 0.0700. The van der Waals surface area contributed by atoms with Gasteiger partial charge in [0.05, 0.1) is 4.90 Å². The number of carbonyl (C=O) groups is 2. The molecular formula is C9H7IO4S. The van der Waals surface area contributed by atoms with Crippen molar-refractivity contribution in [1.29, 1.82) is 0 Å². The second kappa shape index (κ2) is 4.40. The topological polar surface area (TPSA) is 68.3 Å². The summed E-state index contributed by atoms with van der Waals surface area (Å²) in [5.74, 6) is -0.795. The number of hydrogen-bond donors (Lipinski definition) is 0. The predicted octanol–water partition coefficient (Wildman–Crippen LogP) is 1.23. The maximum Gasteiger partial charge on any atom is 0.262 e. The zero-order valence-electron chi connectivity index (χ0n) is 7.73. The molecule has 4 nitrogen and oxygen atoms in total. The van der Waals surface area contributed by atoms with Gasteiger partial charge in [0.2, 0.25) is 5.78 Å². The standard InChI is InChI=1S/C9H7IO4S/c1-15(13,14)7-5-3-2-4-6(7)8(11)9(10)12/h2-5H,1H3. The summed E-state index contributed by atoms with van der Waals surface area (Å²) in [5.41, 5.74) is -0.0700. The van der Waals surface area contributed by atoms with Crippen LogP contribution >= 0.6 is 22.6 Å². The second-order valence-corrected chi connectivity index (χ2v) is 5.84.